The molecule has 3 N–H and O–H groups in total. The van der Waals surface area contributed by atoms with Gasteiger partial charge in [0, 0.05) is 6.04 Å². The first-order valence-electron chi connectivity index (χ1n) is 4.65. The lowest BCUT2D eigenvalue weighted by molar-refractivity contribution is 0.389. The van der Waals surface area contributed by atoms with Gasteiger partial charge in [-0.15, -0.1) is 0 Å². The summed E-state index contributed by atoms with van der Waals surface area (Å²) in [6.45, 7) is 3.53. The van der Waals surface area contributed by atoms with Crippen LogP contribution >= 0.6 is 12.2 Å². The van der Waals surface area contributed by atoms with E-state index in [9.17, 15) is 8.42 Å². The van der Waals surface area contributed by atoms with E-state index in [1.165, 1.54) is 16.6 Å². The van der Waals surface area contributed by atoms with Crippen LogP contribution in [0.15, 0.2) is 17.3 Å². The maximum atomic E-state index is 12.1. The molecule has 0 bridgehead atoms. The number of H-pyrrole nitrogens is 1. The first kappa shape index (κ1) is 13.1. The number of thiocarbonyl (C=S) groups is 1. The molecule has 0 aliphatic carbocycles. The van der Waals surface area contributed by atoms with Crippen molar-refractivity contribution in [3.63, 3.8) is 0 Å². The van der Waals surface area contributed by atoms with Gasteiger partial charge in [0.25, 0.3) is 10.0 Å². The summed E-state index contributed by atoms with van der Waals surface area (Å²) in [6, 6.07) is 1.17. The molecule has 0 aromatic carbocycles. The average molecular weight is 262 g/mol. The summed E-state index contributed by atoms with van der Waals surface area (Å²) in [6.07, 6.45) is 1.38. The fourth-order valence-electron chi connectivity index (χ4n) is 1.21. The van der Waals surface area contributed by atoms with E-state index in [0.29, 0.717) is 0 Å². The van der Waals surface area contributed by atoms with Crippen LogP contribution < -0.4 is 5.73 Å². The van der Waals surface area contributed by atoms with Crippen molar-refractivity contribution in [3.8, 4) is 0 Å². The van der Waals surface area contributed by atoms with Gasteiger partial charge in [0.2, 0.25) is 0 Å². The smallest absolute Gasteiger partial charge is 0.260 e. The lowest BCUT2D eigenvalue weighted by atomic mass is 10.4. The zero-order valence-corrected chi connectivity index (χ0v) is 10.7. The fraction of sp³-hybridized carbons (Fsp3) is 0.500. The molecule has 0 aliphatic rings. The minimum Gasteiger partial charge on any atom is -0.392 e. The Morgan fingerprint density at radius 2 is 2.31 bits per heavy atom. The molecule has 1 aromatic rings. The molecule has 8 heteroatoms. The van der Waals surface area contributed by atoms with Crippen LogP contribution in [-0.4, -0.2) is 40.5 Å². The third-order valence-electron chi connectivity index (χ3n) is 1.95. The summed E-state index contributed by atoms with van der Waals surface area (Å²) in [5.41, 5.74) is 5.38. The second-order valence-electron chi connectivity index (χ2n) is 3.53. The number of nitrogens with zero attached hydrogens (tertiary/aromatic N) is 2. The normalized spacial score (nSPS) is 12.2. The third-order valence-corrected chi connectivity index (χ3v) is 4.03. The molecule has 0 radical (unpaired) electrons. The second kappa shape index (κ2) is 4.89. The summed E-state index contributed by atoms with van der Waals surface area (Å²) in [4.78, 5) is 0.136. The van der Waals surface area contributed by atoms with Gasteiger partial charge in [0.05, 0.1) is 17.7 Å². The van der Waals surface area contributed by atoms with E-state index in [-0.39, 0.29) is 22.6 Å². The van der Waals surface area contributed by atoms with Gasteiger partial charge in [0.1, 0.15) is 0 Å². The van der Waals surface area contributed by atoms with Gasteiger partial charge in [-0.1, -0.05) is 12.2 Å². The van der Waals surface area contributed by atoms with Crippen molar-refractivity contribution in [2.75, 3.05) is 6.54 Å². The highest BCUT2D eigenvalue weighted by atomic mass is 32.2. The van der Waals surface area contributed by atoms with Crippen molar-refractivity contribution in [2.45, 2.75) is 24.9 Å². The van der Waals surface area contributed by atoms with Crippen LogP contribution in [0.2, 0.25) is 0 Å². The number of aromatic amines is 1. The Hall–Kier alpha value is -0.990. The number of rotatable bonds is 5. The van der Waals surface area contributed by atoms with Crippen molar-refractivity contribution in [1.82, 2.24) is 14.5 Å². The van der Waals surface area contributed by atoms with E-state index in [0.717, 1.165) is 0 Å². The van der Waals surface area contributed by atoms with Gasteiger partial charge in [-0.2, -0.15) is 9.40 Å². The maximum absolute atomic E-state index is 12.1. The zero-order valence-electron chi connectivity index (χ0n) is 9.04. The van der Waals surface area contributed by atoms with Gasteiger partial charge in [-0.05, 0) is 19.9 Å². The van der Waals surface area contributed by atoms with E-state index in [1.807, 2.05) is 0 Å². The highest BCUT2D eigenvalue weighted by molar-refractivity contribution is 7.89. The van der Waals surface area contributed by atoms with Gasteiger partial charge in [-0.25, -0.2) is 8.42 Å². The number of sulfonamides is 1. The van der Waals surface area contributed by atoms with Crippen LogP contribution in [0.4, 0.5) is 0 Å². The molecular weight excluding hydrogens is 248 g/mol. The molecule has 90 valence electrons. The van der Waals surface area contributed by atoms with Crippen LogP contribution in [0.25, 0.3) is 0 Å². The third kappa shape index (κ3) is 2.77. The SMILES string of the molecule is CC(C)N(CC(N)=S)S(=O)(=O)c1ccn[nH]1. The number of nitrogens with two attached hydrogens (primary N) is 1. The Bertz CT molecular complexity index is 452. The van der Waals surface area contributed by atoms with Gasteiger partial charge in [0.15, 0.2) is 5.03 Å². The molecule has 0 aliphatic heterocycles. The van der Waals surface area contributed by atoms with Gasteiger partial charge in [-0.3, -0.25) is 5.10 Å². The highest BCUT2D eigenvalue weighted by Crippen LogP contribution is 2.14. The van der Waals surface area contributed by atoms with Crippen LogP contribution in [0.5, 0.6) is 0 Å². The maximum Gasteiger partial charge on any atom is 0.260 e. The molecule has 0 amide bonds. The molecule has 1 aromatic heterocycles. The first-order chi connectivity index (χ1) is 7.35. The molecule has 0 unspecified atom stereocenters. The average Bonchev–Trinajstić information content (AvgIpc) is 2.66. The van der Waals surface area contributed by atoms with Crippen LogP contribution in [0.1, 0.15) is 13.8 Å². The monoisotopic (exact) mass is 262 g/mol. The Kier molecular flexibility index (Phi) is 4.00. The van der Waals surface area contributed by atoms with Crippen molar-refractivity contribution < 1.29 is 8.42 Å². The molecule has 0 saturated heterocycles. The van der Waals surface area contributed by atoms with Crippen molar-refractivity contribution in [2.24, 2.45) is 5.73 Å². The minimum atomic E-state index is -3.60. The van der Waals surface area contributed by atoms with Crippen molar-refractivity contribution in [3.05, 3.63) is 12.3 Å². The molecule has 1 rings (SSSR count). The summed E-state index contributed by atoms with van der Waals surface area (Å²) < 4.78 is 25.4. The standard InChI is InChI=1S/C8H14N4O2S2/c1-6(2)12(5-7(9)15)16(13,14)8-3-4-10-11-8/h3-4,6H,5H2,1-2H3,(H2,9,15)(H,10,11). The topological polar surface area (TPSA) is 92.1 Å². The first-order valence-corrected chi connectivity index (χ1v) is 6.50. The number of nitrogens with one attached hydrogen (secondary N) is 1. The number of hydrogen-bond acceptors (Lipinski definition) is 4. The number of hydrogen-bond donors (Lipinski definition) is 2. The fourth-order valence-corrected chi connectivity index (χ4v) is 2.95. The molecule has 0 saturated carbocycles. The lowest BCUT2D eigenvalue weighted by Gasteiger charge is -2.24. The quantitative estimate of drug-likeness (QED) is 0.734. The summed E-state index contributed by atoms with van der Waals surface area (Å²) >= 11 is 4.74. The lowest BCUT2D eigenvalue weighted by Crippen LogP contribution is -2.42. The minimum absolute atomic E-state index is 0.0222. The molecule has 0 atom stereocenters. The predicted molar refractivity (Wildman–Crippen MR) is 64.4 cm³/mol. The highest BCUT2D eigenvalue weighted by Gasteiger charge is 2.28. The molecule has 1 heterocycles. The molecule has 0 spiro atoms. The second-order valence-corrected chi connectivity index (χ2v) is 5.91. The molecular formula is C8H14N4O2S2. The van der Waals surface area contributed by atoms with E-state index in [4.69, 9.17) is 18.0 Å². The largest absolute Gasteiger partial charge is 0.392 e. The Morgan fingerprint density at radius 3 is 2.69 bits per heavy atom. The van der Waals surface area contributed by atoms with Crippen LogP contribution in [-0.2, 0) is 10.0 Å². The molecule has 6 nitrogen and oxygen atoms in total. The van der Waals surface area contributed by atoms with Gasteiger partial charge < -0.3 is 5.73 Å². The number of aromatic nitrogens is 2. The Balaban J connectivity index is 3.08. The van der Waals surface area contributed by atoms with E-state index in [1.54, 1.807) is 13.8 Å². The van der Waals surface area contributed by atoms with Crippen LogP contribution in [0.3, 0.4) is 0 Å². The molecule has 0 fully saturated rings. The Labute approximate surface area is 99.9 Å². The van der Waals surface area contributed by atoms with Crippen molar-refractivity contribution in [1.29, 1.82) is 0 Å². The van der Waals surface area contributed by atoms with Gasteiger partial charge >= 0.3 is 0 Å². The Morgan fingerprint density at radius 1 is 1.69 bits per heavy atom. The summed E-state index contributed by atoms with van der Waals surface area (Å²) in [5.74, 6) is 0. The summed E-state index contributed by atoms with van der Waals surface area (Å²) in [7, 11) is -3.60. The van der Waals surface area contributed by atoms with E-state index >= 15 is 0 Å². The summed E-state index contributed by atoms with van der Waals surface area (Å²) in [5, 5.41) is 6.08. The van der Waals surface area contributed by atoms with Crippen LogP contribution in [0, 0.1) is 0 Å². The molecule has 16 heavy (non-hydrogen) atoms. The van der Waals surface area contributed by atoms with E-state index in [2.05, 4.69) is 10.2 Å². The van der Waals surface area contributed by atoms with E-state index < -0.39 is 10.0 Å². The predicted octanol–water partition coefficient (Wildman–Crippen LogP) is 0.0949. The van der Waals surface area contributed by atoms with Crippen molar-refractivity contribution >= 4 is 27.2 Å². The zero-order chi connectivity index (χ0) is 12.3.